The van der Waals surface area contributed by atoms with E-state index in [1.54, 1.807) is 4.68 Å². The van der Waals surface area contributed by atoms with Crippen molar-refractivity contribution in [1.82, 2.24) is 20.0 Å². The Bertz CT molecular complexity index is 1080. The second-order valence-corrected chi connectivity index (χ2v) is 10.5. The van der Waals surface area contributed by atoms with E-state index in [1.807, 2.05) is 37.9 Å². The summed E-state index contributed by atoms with van der Waals surface area (Å²) >= 11 is 0. The van der Waals surface area contributed by atoms with Crippen LogP contribution in [0.15, 0.2) is 18.2 Å². The van der Waals surface area contributed by atoms with Crippen LogP contribution in [0.4, 0.5) is 4.79 Å². The zero-order chi connectivity index (χ0) is 25.7. The predicted molar refractivity (Wildman–Crippen MR) is 138 cm³/mol. The van der Waals surface area contributed by atoms with E-state index in [4.69, 9.17) is 4.74 Å². The Morgan fingerprint density at radius 2 is 1.75 bits per heavy atom. The number of ether oxygens (including phenoxy) is 1. The molecule has 1 unspecified atom stereocenters. The van der Waals surface area contributed by atoms with Gasteiger partial charge in [0.1, 0.15) is 0 Å². The predicted octanol–water partition coefficient (Wildman–Crippen LogP) is 4.84. The van der Waals surface area contributed by atoms with Crippen molar-refractivity contribution in [3.05, 3.63) is 29.5 Å². The van der Waals surface area contributed by atoms with Gasteiger partial charge in [-0.15, -0.1) is 0 Å². The number of imide groups is 1. The number of carbonyl (C=O) groups excluding carboxylic acids is 3. The van der Waals surface area contributed by atoms with Crippen LogP contribution in [0.25, 0.3) is 10.9 Å². The molecule has 3 heterocycles. The molecule has 5 rings (SSSR count). The summed E-state index contributed by atoms with van der Waals surface area (Å²) in [6, 6.07) is 6.06. The Hall–Kier alpha value is -2.90. The standard InChI is InChI=1S/C14H15N3O2.C14H25NO2/c1-8-3-4-9-11(7-8)17(2)16-13(9)10-5-6-12(18)15-14(10)19;1-2-17-14(16)15-10-8-13(9-11-15)12-6-4-3-5-7-12/h3-4,7,10H,5-6H2,1-2H3,(H,15,18,19);12-13H,2-11H2,1H3. The fourth-order valence-corrected chi connectivity index (χ4v) is 5.98. The van der Waals surface area contributed by atoms with Gasteiger partial charge >= 0.3 is 6.09 Å². The number of carbonyl (C=O) groups is 3. The molecule has 3 amide bonds. The molecule has 3 aliphatic rings. The summed E-state index contributed by atoms with van der Waals surface area (Å²) in [5.41, 5.74) is 2.94. The molecule has 1 aliphatic carbocycles. The third-order valence-corrected chi connectivity index (χ3v) is 7.99. The van der Waals surface area contributed by atoms with E-state index in [-0.39, 0.29) is 23.8 Å². The molecule has 1 aromatic carbocycles. The number of hydrogen-bond acceptors (Lipinski definition) is 5. The Labute approximate surface area is 213 Å². The van der Waals surface area contributed by atoms with Crippen LogP contribution in [0, 0.1) is 18.8 Å². The summed E-state index contributed by atoms with van der Waals surface area (Å²) in [5, 5.41) is 7.85. The van der Waals surface area contributed by atoms with E-state index in [0.717, 1.165) is 47.1 Å². The maximum Gasteiger partial charge on any atom is 0.409 e. The summed E-state index contributed by atoms with van der Waals surface area (Å²) in [7, 11) is 1.87. The number of nitrogens with one attached hydrogen (secondary N) is 1. The Morgan fingerprint density at radius 1 is 1.06 bits per heavy atom. The van der Waals surface area contributed by atoms with E-state index < -0.39 is 0 Å². The monoisotopic (exact) mass is 496 g/mol. The van der Waals surface area contributed by atoms with Gasteiger partial charge in [0.2, 0.25) is 11.8 Å². The average molecular weight is 497 g/mol. The molecule has 0 bridgehead atoms. The van der Waals surface area contributed by atoms with Gasteiger partial charge in [0.05, 0.1) is 23.7 Å². The highest BCUT2D eigenvalue weighted by Gasteiger charge is 2.32. The largest absolute Gasteiger partial charge is 0.450 e. The quantitative estimate of drug-likeness (QED) is 0.614. The summed E-state index contributed by atoms with van der Waals surface area (Å²) in [6.45, 7) is 6.19. The Kier molecular flexibility index (Phi) is 8.64. The number of aromatic nitrogens is 2. The van der Waals surface area contributed by atoms with E-state index in [1.165, 1.54) is 44.9 Å². The van der Waals surface area contributed by atoms with Crippen LogP contribution in [0.2, 0.25) is 0 Å². The molecule has 8 heteroatoms. The number of hydrogen-bond donors (Lipinski definition) is 1. The molecule has 0 spiro atoms. The second-order valence-electron chi connectivity index (χ2n) is 10.5. The SMILES string of the molecule is CCOC(=O)N1CCC(C2CCCCC2)CC1.Cc1ccc2c(C3CCC(=O)NC3=O)nn(C)c2c1. The van der Waals surface area contributed by atoms with Gasteiger partial charge in [0, 0.05) is 31.9 Å². The van der Waals surface area contributed by atoms with Crippen molar-refractivity contribution in [3.8, 4) is 0 Å². The van der Waals surface area contributed by atoms with Crippen LogP contribution in [0.1, 0.15) is 81.9 Å². The number of fused-ring (bicyclic) bond motifs is 1. The van der Waals surface area contributed by atoms with Crippen LogP contribution in [-0.2, 0) is 21.4 Å². The van der Waals surface area contributed by atoms with Crippen LogP contribution < -0.4 is 5.32 Å². The van der Waals surface area contributed by atoms with Crippen molar-refractivity contribution in [2.75, 3.05) is 19.7 Å². The van der Waals surface area contributed by atoms with Crippen LogP contribution in [-0.4, -0.2) is 52.3 Å². The third-order valence-electron chi connectivity index (χ3n) is 7.99. The minimum atomic E-state index is -0.330. The maximum absolute atomic E-state index is 11.9. The number of likely N-dealkylation sites (tertiary alicyclic amines) is 1. The van der Waals surface area contributed by atoms with E-state index in [2.05, 4.69) is 16.5 Å². The Morgan fingerprint density at radius 3 is 2.42 bits per heavy atom. The fraction of sp³-hybridized carbons (Fsp3) is 0.643. The summed E-state index contributed by atoms with van der Waals surface area (Å²) in [5.74, 6) is 1.03. The van der Waals surface area contributed by atoms with Gasteiger partial charge in [0.15, 0.2) is 0 Å². The summed E-state index contributed by atoms with van der Waals surface area (Å²) in [4.78, 5) is 36.6. The zero-order valence-corrected chi connectivity index (χ0v) is 21.9. The smallest absolute Gasteiger partial charge is 0.409 e. The van der Waals surface area contributed by atoms with Gasteiger partial charge < -0.3 is 9.64 Å². The molecule has 1 N–H and O–H groups in total. The van der Waals surface area contributed by atoms with Crippen molar-refractivity contribution < 1.29 is 19.1 Å². The van der Waals surface area contributed by atoms with Crippen molar-refractivity contribution in [3.63, 3.8) is 0 Å². The number of amides is 3. The lowest BCUT2D eigenvalue weighted by Crippen LogP contribution is -2.40. The highest BCUT2D eigenvalue weighted by atomic mass is 16.6. The molecule has 8 nitrogen and oxygen atoms in total. The molecular weight excluding hydrogens is 456 g/mol. The minimum Gasteiger partial charge on any atom is -0.450 e. The van der Waals surface area contributed by atoms with Gasteiger partial charge in [0.25, 0.3) is 0 Å². The zero-order valence-electron chi connectivity index (χ0n) is 21.9. The topological polar surface area (TPSA) is 93.5 Å². The summed E-state index contributed by atoms with van der Waals surface area (Å²) in [6.07, 6.45) is 10.3. The highest BCUT2D eigenvalue weighted by Crippen LogP contribution is 2.35. The van der Waals surface area contributed by atoms with Crippen molar-refractivity contribution >= 4 is 28.8 Å². The van der Waals surface area contributed by atoms with E-state index in [9.17, 15) is 14.4 Å². The first-order chi connectivity index (χ1) is 17.4. The molecule has 2 saturated heterocycles. The van der Waals surface area contributed by atoms with Gasteiger partial charge in [-0.3, -0.25) is 19.6 Å². The van der Waals surface area contributed by atoms with Crippen molar-refractivity contribution in [2.45, 2.75) is 77.6 Å². The molecular formula is C28H40N4O4. The molecule has 0 radical (unpaired) electrons. The van der Waals surface area contributed by atoms with Crippen LogP contribution in [0.3, 0.4) is 0 Å². The number of nitrogens with zero attached hydrogens (tertiary/aromatic N) is 3. The van der Waals surface area contributed by atoms with Crippen LogP contribution in [0.5, 0.6) is 0 Å². The van der Waals surface area contributed by atoms with E-state index >= 15 is 0 Å². The third kappa shape index (κ3) is 6.08. The molecule has 196 valence electrons. The molecule has 1 atom stereocenters. The first kappa shape index (κ1) is 26.2. The maximum atomic E-state index is 11.9. The molecule has 3 fully saturated rings. The van der Waals surface area contributed by atoms with Gasteiger partial charge in [-0.2, -0.15) is 5.10 Å². The number of rotatable bonds is 3. The lowest BCUT2D eigenvalue weighted by molar-refractivity contribution is -0.134. The average Bonchev–Trinajstić information content (AvgIpc) is 3.20. The second kappa shape index (κ2) is 11.9. The Balaban J connectivity index is 0.000000170. The van der Waals surface area contributed by atoms with Crippen molar-refractivity contribution in [2.24, 2.45) is 18.9 Å². The van der Waals surface area contributed by atoms with Gasteiger partial charge in [-0.25, -0.2) is 4.79 Å². The number of benzene rings is 1. The minimum absolute atomic E-state index is 0.116. The number of aryl methyl sites for hydroxylation is 2. The first-order valence-electron chi connectivity index (χ1n) is 13.6. The van der Waals surface area contributed by atoms with E-state index in [0.29, 0.717) is 19.4 Å². The highest BCUT2D eigenvalue weighted by molar-refractivity contribution is 6.02. The number of piperidine rings is 2. The molecule has 2 aliphatic heterocycles. The lowest BCUT2D eigenvalue weighted by atomic mass is 9.76. The fourth-order valence-electron chi connectivity index (χ4n) is 5.98. The van der Waals surface area contributed by atoms with Crippen LogP contribution >= 0.6 is 0 Å². The molecule has 1 saturated carbocycles. The van der Waals surface area contributed by atoms with Crippen molar-refractivity contribution in [1.29, 1.82) is 0 Å². The van der Waals surface area contributed by atoms with Gasteiger partial charge in [-0.1, -0.05) is 44.2 Å². The van der Waals surface area contributed by atoms with Gasteiger partial charge in [-0.05, 0) is 56.6 Å². The first-order valence-corrected chi connectivity index (χ1v) is 13.6. The molecule has 1 aromatic heterocycles. The molecule has 2 aromatic rings. The summed E-state index contributed by atoms with van der Waals surface area (Å²) < 4.78 is 6.84. The lowest BCUT2D eigenvalue weighted by Gasteiger charge is -2.37. The normalized spacial score (nSPS) is 21.6. The molecule has 36 heavy (non-hydrogen) atoms.